The van der Waals surface area contributed by atoms with Gasteiger partial charge >= 0.3 is 5.97 Å². The summed E-state index contributed by atoms with van der Waals surface area (Å²) in [5, 5.41) is 17.8. The molecule has 2 rings (SSSR count). The number of nitrogens with one attached hydrogen (secondary N) is 1. The minimum Gasteiger partial charge on any atom is -0.481 e. The van der Waals surface area contributed by atoms with Gasteiger partial charge in [-0.3, -0.25) is 9.59 Å². The summed E-state index contributed by atoms with van der Waals surface area (Å²) in [6.07, 6.45) is 0.0392. The molecule has 0 saturated heterocycles. The fourth-order valence-electron chi connectivity index (χ4n) is 1.62. The van der Waals surface area contributed by atoms with Gasteiger partial charge in [-0.15, -0.1) is 11.3 Å². The van der Waals surface area contributed by atoms with Crippen LogP contribution in [0.5, 0.6) is 0 Å². The molecule has 5 nitrogen and oxygen atoms in total. The SMILES string of the molecule is CC(CNC(=O)c1csc(-c2ccsc2)n1)CC(=O)O. The third kappa shape index (κ3) is 3.88. The van der Waals surface area contributed by atoms with Crippen molar-refractivity contribution in [1.82, 2.24) is 10.3 Å². The Morgan fingerprint density at radius 3 is 2.90 bits per heavy atom. The number of amides is 1. The highest BCUT2D eigenvalue weighted by Gasteiger charge is 2.14. The van der Waals surface area contributed by atoms with Gasteiger partial charge in [0.15, 0.2) is 0 Å². The number of thiophene rings is 1. The first kappa shape index (κ1) is 14.7. The van der Waals surface area contributed by atoms with Gasteiger partial charge in [0.25, 0.3) is 5.91 Å². The van der Waals surface area contributed by atoms with Gasteiger partial charge in [0.2, 0.25) is 0 Å². The fourth-order valence-corrected chi connectivity index (χ4v) is 3.14. The molecule has 0 saturated carbocycles. The van der Waals surface area contributed by atoms with Crippen molar-refractivity contribution in [2.45, 2.75) is 13.3 Å². The predicted octanol–water partition coefficient (Wildman–Crippen LogP) is 2.71. The van der Waals surface area contributed by atoms with Crippen LogP contribution in [-0.4, -0.2) is 28.5 Å². The van der Waals surface area contributed by atoms with Crippen LogP contribution in [0.2, 0.25) is 0 Å². The smallest absolute Gasteiger partial charge is 0.303 e. The second-order valence-corrected chi connectivity index (χ2v) is 6.10. The van der Waals surface area contributed by atoms with Crippen LogP contribution in [0.15, 0.2) is 22.2 Å². The van der Waals surface area contributed by atoms with Gasteiger partial charge in [-0.1, -0.05) is 6.92 Å². The van der Waals surface area contributed by atoms with Crippen LogP contribution in [0, 0.1) is 5.92 Å². The van der Waals surface area contributed by atoms with Gasteiger partial charge < -0.3 is 10.4 Å². The Hall–Kier alpha value is -1.73. The van der Waals surface area contributed by atoms with Crippen molar-refractivity contribution < 1.29 is 14.7 Å². The Balaban J connectivity index is 1.92. The van der Waals surface area contributed by atoms with E-state index in [-0.39, 0.29) is 18.2 Å². The topological polar surface area (TPSA) is 79.3 Å². The Morgan fingerprint density at radius 1 is 1.45 bits per heavy atom. The van der Waals surface area contributed by atoms with Crippen LogP contribution in [-0.2, 0) is 4.79 Å². The summed E-state index contributed by atoms with van der Waals surface area (Å²) in [5.74, 6) is -1.23. The number of hydrogen-bond acceptors (Lipinski definition) is 5. The Labute approximate surface area is 124 Å². The molecule has 1 atom stereocenters. The molecule has 2 aromatic rings. The van der Waals surface area contributed by atoms with Crippen molar-refractivity contribution in [2.75, 3.05) is 6.54 Å². The first-order valence-electron chi connectivity index (χ1n) is 6.04. The lowest BCUT2D eigenvalue weighted by atomic mass is 10.1. The van der Waals surface area contributed by atoms with E-state index in [0.29, 0.717) is 12.2 Å². The van der Waals surface area contributed by atoms with Crippen LogP contribution in [0.3, 0.4) is 0 Å². The van der Waals surface area contributed by atoms with Gasteiger partial charge in [-0.05, 0) is 17.4 Å². The standard InChI is InChI=1S/C13H14N2O3S2/c1-8(4-11(16)17)5-14-12(18)10-7-20-13(15-10)9-2-3-19-6-9/h2-3,6-8H,4-5H2,1H3,(H,14,18)(H,16,17). The van der Waals surface area contributed by atoms with E-state index in [1.54, 1.807) is 23.6 Å². The van der Waals surface area contributed by atoms with Gasteiger partial charge in [0.1, 0.15) is 10.7 Å². The first-order valence-corrected chi connectivity index (χ1v) is 7.86. The molecule has 0 aliphatic rings. The highest BCUT2D eigenvalue weighted by Crippen LogP contribution is 2.25. The number of carboxylic acid groups (broad SMARTS) is 1. The van der Waals surface area contributed by atoms with Crippen LogP contribution in [0.1, 0.15) is 23.8 Å². The van der Waals surface area contributed by atoms with Crippen LogP contribution in [0.4, 0.5) is 0 Å². The summed E-state index contributed by atoms with van der Waals surface area (Å²) in [7, 11) is 0. The molecular formula is C13H14N2O3S2. The highest BCUT2D eigenvalue weighted by atomic mass is 32.1. The van der Waals surface area contributed by atoms with Crippen molar-refractivity contribution in [3.63, 3.8) is 0 Å². The molecule has 7 heteroatoms. The zero-order valence-corrected chi connectivity index (χ0v) is 12.5. The van der Waals surface area contributed by atoms with E-state index in [2.05, 4.69) is 10.3 Å². The lowest BCUT2D eigenvalue weighted by Gasteiger charge is -2.08. The van der Waals surface area contributed by atoms with E-state index in [4.69, 9.17) is 5.11 Å². The number of thiazole rings is 1. The second-order valence-electron chi connectivity index (χ2n) is 4.46. The van der Waals surface area contributed by atoms with Crippen molar-refractivity contribution in [1.29, 1.82) is 0 Å². The van der Waals surface area contributed by atoms with E-state index < -0.39 is 5.97 Å². The minimum atomic E-state index is -0.861. The quantitative estimate of drug-likeness (QED) is 0.860. The van der Waals surface area contributed by atoms with E-state index in [1.165, 1.54) is 11.3 Å². The maximum absolute atomic E-state index is 11.9. The maximum Gasteiger partial charge on any atom is 0.303 e. The number of hydrogen-bond donors (Lipinski definition) is 2. The van der Waals surface area contributed by atoms with E-state index >= 15 is 0 Å². The molecular weight excluding hydrogens is 296 g/mol. The largest absolute Gasteiger partial charge is 0.481 e. The van der Waals surface area contributed by atoms with E-state index in [0.717, 1.165) is 10.6 Å². The van der Waals surface area contributed by atoms with E-state index in [1.807, 2.05) is 16.8 Å². The Bertz CT molecular complexity index is 593. The monoisotopic (exact) mass is 310 g/mol. The molecule has 0 aliphatic carbocycles. The number of carbonyl (C=O) groups is 2. The maximum atomic E-state index is 11.9. The number of aliphatic carboxylic acids is 1. The number of nitrogens with zero attached hydrogens (tertiary/aromatic N) is 1. The summed E-state index contributed by atoms with van der Waals surface area (Å²) >= 11 is 3.00. The lowest BCUT2D eigenvalue weighted by Crippen LogP contribution is -2.29. The minimum absolute atomic E-state index is 0.0392. The zero-order chi connectivity index (χ0) is 14.5. The average Bonchev–Trinajstić information content (AvgIpc) is 3.04. The average molecular weight is 310 g/mol. The summed E-state index contributed by atoms with van der Waals surface area (Å²) in [4.78, 5) is 26.7. The van der Waals surface area contributed by atoms with Crippen LogP contribution in [0.25, 0.3) is 10.6 Å². The molecule has 1 amide bonds. The first-order chi connectivity index (χ1) is 9.56. The van der Waals surface area contributed by atoms with Gasteiger partial charge in [0.05, 0.1) is 0 Å². The molecule has 0 bridgehead atoms. The molecule has 20 heavy (non-hydrogen) atoms. The summed E-state index contributed by atoms with van der Waals surface area (Å²) in [6.45, 7) is 2.11. The molecule has 2 N–H and O–H groups in total. The highest BCUT2D eigenvalue weighted by molar-refractivity contribution is 7.14. The third-order valence-corrected chi connectivity index (χ3v) is 4.21. The van der Waals surface area contributed by atoms with Crippen molar-refractivity contribution in [3.05, 3.63) is 27.9 Å². The van der Waals surface area contributed by atoms with Crippen molar-refractivity contribution in [3.8, 4) is 10.6 Å². The Kier molecular flexibility index (Phi) is 4.86. The number of aromatic nitrogens is 1. The predicted molar refractivity (Wildman–Crippen MR) is 79.2 cm³/mol. The second kappa shape index (κ2) is 6.62. The summed E-state index contributed by atoms with van der Waals surface area (Å²) < 4.78 is 0. The molecule has 0 spiro atoms. The Morgan fingerprint density at radius 2 is 2.25 bits per heavy atom. The van der Waals surface area contributed by atoms with E-state index in [9.17, 15) is 9.59 Å². The normalized spacial score (nSPS) is 12.1. The van der Waals surface area contributed by atoms with Crippen LogP contribution >= 0.6 is 22.7 Å². The van der Waals surface area contributed by atoms with Gasteiger partial charge in [-0.2, -0.15) is 11.3 Å². The summed E-state index contributed by atoms with van der Waals surface area (Å²) in [6, 6.07) is 1.96. The molecule has 0 fully saturated rings. The molecule has 106 valence electrons. The summed E-state index contributed by atoms with van der Waals surface area (Å²) in [5.41, 5.74) is 1.39. The molecule has 2 heterocycles. The molecule has 2 aromatic heterocycles. The number of carboxylic acids is 1. The van der Waals surface area contributed by atoms with Crippen molar-refractivity contribution >= 4 is 34.6 Å². The van der Waals surface area contributed by atoms with Crippen molar-refractivity contribution in [2.24, 2.45) is 5.92 Å². The molecule has 1 unspecified atom stereocenters. The fraction of sp³-hybridized carbons (Fsp3) is 0.308. The number of carbonyl (C=O) groups excluding carboxylic acids is 1. The molecule has 0 aromatic carbocycles. The van der Waals surface area contributed by atoms with Gasteiger partial charge in [0, 0.05) is 29.3 Å². The number of rotatable bonds is 6. The van der Waals surface area contributed by atoms with Crippen LogP contribution < -0.4 is 5.32 Å². The molecule has 0 radical (unpaired) electrons. The zero-order valence-electron chi connectivity index (χ0n) is 10.8. The third-order valence-electron chi connectivity index (χ3n) is 2.64. The van der Waals surface area contributed by atoms with Gasteiger partial charge in [-0.25, -0.2) is 4.98 Å². The molecule has 0 aliphatic heterocycles. The lowest BCUT2D eigenvalue weighted by molar-refractivity contribution is -0.137.